The number of carbonyl (C=O) groups excluding carboxylic acids is 1. The topological polar surface area (TPSA) is 55.1 Å². The van der Waals surface area contributed by atoms with Crippen molar-refractivity contribution >= 4 is 33.0 Å². The highest BCUT2D eigenvalue weighted by Crippen LogP contribution is 2.35. The van der Waals surface area contributed by atoms with Gasteiger partial charge in [0.15, 0.2) is 0 Å². The lowest BCUT2D eigenvalue weighted by Gasteiger charge is -2.04. The molecule has 0 aliphatic heterocycles. The maximum Gasteiger partial charge on any atom is 0.263 e. The Bertz CT molecular complexity index is 799. The fraction of sp³-hybridized carbons (Fsp3) is 0.0625. The highest BCUT2D eigenvalue weighted by atomic mass is 32.1. The second-order valence-corrected chi connectivity index (χ2v) is 5.68. The quantitative estimate of drug-likeness (QED) is 0.777. The molecule has 3 rings (SSSR count). The van der Waals surface area contributed by atoms with Gasteiger partial charge in [-0.05, 0) is 17.7 Å². The summed E-state index contributed by atoms with van der Waals surface area (Å²) in [7, 11) is 0. The van der Waals surface area contributed by atoms with Gasteiger partial charge in [-0.3, -0.25) is 4.79 Å². The van der Waals surface area contributed by atoms with Gasteiger partial charge in [0.05, 0.1) is 11.1 Å². The predicted octanol–water partition coefficient (Wildman–Crippen LogP) is 3.55. The Morgan fingerprint density at radius 2 is 1.90 bits per heavy atom. The largest absolute Gasteiger partial charge is 0.397 e. The molecule has 0 fully saturated rings. The summed E-state index contributed by atoms with van der Waals surface area (Å²) in [6, 6.07) is 14.3. The van der Waals surface area contributed by atoms with Gasteiger partial charge in [-0.15, -0.1) is 11.3 Å². The van der Waals surface area contributed by atoms with E-state index in [4.69, 9.17) is 5.73 Å². The molecule has 3 N–H and O–H groups in total. The smallest absolute Gasteiger partial charge is 0.263 e. The number of fused-ring (bicyclic) bond motifs is 1. The van der Waals surface area contributed by atoms with Crippen molar-refractivity contribution in [2.75, 3.05) is 5.73 Å². The van der Waals surface area contributed by atoms with Crippen LogP contribution in [0.25, 0.3) is 10.1 Å². The van der Waals surface area contributed by atoms with Crippen molar-refractivity contribution < 1.29 is 9.18 Å². The summed E-state index contributed by atoms with van der Waals surface area (Å²) in [4.78, 5) is 12.6. The first kappa shape index (κ1) is 13.6. The summed E-state index contributed by atoms with van der Waals surface area (Å²) in [5.41, 5.74) is 7.12. The number of benzene rings is 2. The third-order valence-corrected chi connectivity index (χ3v) is 4.37. The first-order valence-electron chi connectivity index (χ1n) is 6.45. The lowest BCUT2D eigenvalue weighted by atomic mass is 10.2. The van der Waals surface area contributed by atoms with Crippen LogP contribution in [0.5, 0.6) is 0 Å². The molecule has 0 saturated heterocycles. The van der Waals surface area contributed by atoms with Gasteiger partial charge in [0.1, 0.15) is 10.7 Å². The number of nitrogens with two attached hydrogens (primary N) is 1. The van der Waals surface area contributed by atoms with E-state index in [0.717, 1.165) is 5.56 Å². The molecule has 3 aromatic rings. The Morgan fingerprint density at radius 3 is 2.62 bits per heavy atom. The molecule has 1 aromatic heterocycles. The minimum Gasteiger partial charge on any atom is -0.397 e. The molecule has 0 spiro atoms. The van der Waals surface area contributed by atoms with E-state index in [0.29, 0.717) is 21.5 Å². The summed E-state index contributed by atoms with van der Waals surface area (Å²) >= 11 is 1.20. The van der Waals surface area contributed by atoms with E-state index in [1.165, 1.54) is 17.4 Å². The van der Waals surface area contributed by atoms with Gasteiger partial charge in [0.2, 0.25) is 0 Å². The van der Waals surface area contributed by atoms with E-state index in [2.05, 4.69) is 5.32 Å². The van der Waals surface area contributed by atoms with Crippen LogP contribution in [0.1, 0.15) is 15.2 Å². The number of thiophene rings is 1. The molecule has 0 unspecified atom stereocenters. The van der Waals surface area contributed by atoms with E-state index in [-0.39, 0.29) is 11.6 Å². The second kappa shape index (κ2) is 5.54. The van der Waals surface area contributed by atoms with Crippen LogP contribution in [0.2, 0.25) is 0 Å². The summed E-state index contributed by atoms with van der Waals surface area (Å²) < 4.78 is 14.4. The molecule has 1 amide bonds. The van der Waals surface area contributed by atoms with E-state index in [1.54, 1.807) is 12.1 Å². The SMILES string of the molecule is Nc1c(C(=O)NCc2ccccc2)sc2cccc(F)c12. The van der Waals surface area contributed by atoms with Crippen LogP contribution in [0.4, 0.5) is 10.1 Å². The minimum absolute atomic E-state index is 0.207. The number of hydrogen-bond acceptors (Lipinski definition) is 3. The normalized spacial score (nSPS) is 10.7. The number of amides is 1. The molecule has 21 heavy (non-hydrogen) atoms. The van der Waals surface area contributed by atoms with Gasteiger partial charge in [-0.2, -0.15) is 0 Å². The van der Waals surface area contributed by atoms with Crippen LogP contribution < -0.4 is 11.1 Å². The highest BCUT2D eigenvalue weighted by molar-refractivity contribution is 7.21. The number of nitrogen functional groups attached to an aromatic ring is 1. The van der Waals surface area contributed by atoms with E-state index < -0.39 is 5.82 Å². The fourth-order valence-electron chi connectivity index (χ4n) is 2.16. The number of rotatable bonds is 3. The Labute approximate surface area is 125 Å². The van der Waals surface area contributed by atoms with Crippen molar-refractivity contribution in [3.8, 4) is 0 Å². The van der Waals surface area contributed by atoms with Crippen molar-refractivity contribution in [1.29, 1.82) is 0 Å². The Morgan fingerprint density at radius 1 is 1.14 bits per heavy atom. The molecule has 0 atom stereocenters. The molecule has 3 nitrogen and oxygen atoms in total. The van der Waals surface area contributed by atoms with Crippen molar-refractivity contribution in [1.82, 2.24) is 5.32 Å². The second-order valence-electron chi connectivity index (χ2n) is 4.63. The predicted molar refractivity (Wildman–Crippen MR) is 83.8 cm³/mol. The maximum absolute atomic E-state index is 13.8. The van der Waals surface area contributed by atoms with Crippen LogP contribution in [0.15, 0.2) is 48.5 Å². The third-order valence-electron chi connectivity index (χ3n) is 3.20. The zero-order valence-corrected chi connectivity index (χ0v) is 11.9. The van der Waals surface area contributed by atoms with Crippen molar-refractivity contribution in [3.05, 3.63) is 64.8 Å². The lowest BCUT2D eigenvalue weighted by Crippen LogP contribution is -2.22. The molecular formula is C16H13FN2OS. The van der Waals surface area contributed by atoms with Crippen molar-refractivity contribution in [2.24, 2.45) is 0 Å². The molecule has 0 aliphatic rings. The minimum atomic E-state index is -0.400. The number of nitrogens with one attached hydrogen (secondary N) is 1. The van der Waals surface area contributed by atoms with Crippen molar-refractivity contribution in [3.63, 3.8) is 0 Å². The van der Waals surface area contributed by atoms with E-state index >= 15 is 0 Å². The van der Waals surface area contributed by atoms with Gasteiger partial charge in [-0.1, -0.05) is 36.4 Å². The van der Waals surface area contributed by atoms with Gasteiger partial charge in [0.25, 0.3) is 5.91 Å². The Hall–Kier alpha value is -2.40. The number of anilines is 1. The fourth-order valence-corrected chi connectivity index (χ4v) is 3.21. The van der Waals surface area contributed by atoms with Gasteiger partial charge >= 0.3 is 0 Å². The molecule has 0 bridgehead atoms. The Kier molecular flexibility index (Phi) is 3.58. The summed E-state index contributed by atoms with van der Waals surface area (Å²) in [5.74, 6) is -0.680. The van der Waals surface area contributed by atoms with Crippen LogP contribution in [-0.2, 0) is 6.54 Å². The van der Waals surface area contributed by atoms with Crippen molar-refractivity contribution in [2.45, 2.75) is 6.54 Å². The molecule has 2 aromatic carbocycles. The number of hydrogen-bond donors (Lipinski definition) is 2. The summed E-state index contributed by atoms with van der Waals surface area (Å²) in [6.07, 6.45) is 0. The maximum atomic E-state index is 13.8. The molecule has 0 aliphatic carbocycles. The zero-order valence-electron chi connectivity index (χ0n) is 11.1. The average molecular weight is 300 g/mol. The van der Waals surface area contributed by atoms with Crippen LogP contribution in [0.3, 0.4) is 0 Å². The van der Waals surface area contributed by atoms with Gasteiger partial charge < -0.3 is 11.1 Å². The molecule has 1 heterocycles. The molecule has 106 valence electrons. The highest BCUT2D eigenvalue weighted by Gasteiger charge is 2.18. The van der Waals surface area contributed by atoms with Crippen LogP contribution in [-0.4, -0.2) is 5.91 Å². The Balaban J connectivity index is 1.85. The summed E-state index contributed by atoms with van der Waals surface area (Å²) in [6.45, 7) is 0.413. The first-order valence-corrected chi connectivity index (χ1v) is 7.27. The molecule has 5 heteroatoms. The van der Waals surface area contributed by atoms with Gasteiger partial charge in [-0.25, -0.2) is 4.39 Å². The van der Waals surface area contributed by atoms with Gasteiger partial charge in [0, 0.05) is 11.2 Å². The average Bonchev–Trinajstić information content (AvgIpc) is 2.84. The van der Waals surface area contributed by atoms with E-state index in [1.807, 2.05) is 30.3 Å². The monoisotopic (exact) mass is 300 g/mol. The molecule has 0 saturated carbocycles. The third kappa shape index (κ3) is 2.60. The van der Waals surface area contributed by atoms with Crippen LogP contribution >= 0.6 is 11.3 Å². The van der Waals surface area contributed by atoms with Crippen LogP contribution in [0, 0.1) is 5.82 Å². The molecule has 0 radical (unpaired) electrons. The van der Waals surface area contributed by atoms with E-state index in [9.17, 15) is 9.18 Å². The summed E-state index contributed by atoms with van der Waals surface area (Å²) in [5, 5.41) is 3.13. The number of halogens is 1. The molecular weight excluding hydrogens is 287 g/mol. The first-order chi connectivity index (χ1) is 10.2. The zero-order chi connectivity index (χ0) is 14.8. The lowest BCUT2D eigenvalue weighted by molar-refractivity contribution is 0.0956. The number of carbonyl (C=O) groups is 1. The standard InChI is InChI=1S/C16H13FN2OS/c17-11-7-4-8-12-13(11)14(18)15(21-12)16(20)19-9-10-5-2-1-3-6-10/h1-8H,9,18H2,(H,19,20).